The summed E-state index contributed by atoms with van der Waals surface area (Å²) in [6.45, 7) is 0.633. The number of rotatable bonds is 4. The fourth-order valence-electron chi connectivity index (χ4n) is 0.968. The normalized spacial score (nSPS) is 9.62. The standard InChI is InChI=1S/C9H13N3O/c10-9(11)7-1-3-8(4-2-7)12-5-6-13/h1-4,12-13H,5-6H2,(H3,10,11). The van der Waals surface area contributed by atoms with E-state index < -0.39 is 0 Å². The Morgan fingerprint density at radius 3 is 2.46 bits per heavy atom. The number of amidine groups is 1. The molecular weight excluding hydrogens is 166 g/mol. The molecule has 0 aliphatic heterocycles. The van der Waals surface area contributed by atoms with Crippen LogP contribution in [0.1, 0.15) is 5.56 Å². The Bertz CT molecular complexity index is 281. The van der Waals surface area contributed by atoms with Crippen LogP contribution in [0.4, 0.5) is 5.69 Å². The van der Waals surface area contributed by atoms with Gasteiger partial charge in [-0.2, -0.15) is 0 Å². The van der Waals surface area contributed by atoms with Crippen molar-refractivity contribution in [3.05, 3.63) is 29.8 Å². The van der Waals surface area contributed by atoms with Crippen molar-refractivity contribution in [2.75, 3.05) is 18.5 Å². The van der Waals surface area contributed by atoms with E-state index in [9.17, 15) is 0 Å². The Balaban J connectivity index is 2.64. The maximum absolute atomic E-state index is 8.55. The average Bonchev–Trinajstić information content (AvgIpc) is 2.15. The molecule has 0 amide bonds. The van der Waals surface area contributed by atoms with Crippen LogP contribution in [0.3, 0.4) is 0 Å². The summed E-state index contributed by atoms with van der Waals surface area (Å²) in [6, 6.07) is 7.18. The molecule has 0 unspecified atom stereocenters. The lowest BCUT2D eigenvalue weighted by molar-refractivity contribution is 0.311. The number of anilines is 1. The SMILES string of the molecule is N=C(N)c1ccc(NCCO)cc1. The van der Waals surface area contributed by atoms with Crippen molar-refractivity contribution >= 4 is 11.5 Å². The van der Waals surface area contributed by atoms with Gasteiger partial charge in [0.25, 0.3) is 0 Å². The maximum Gasteiger partial charge on any atom is 0.122 e. The van der Waals surface area contributed by atoms with Crippen molar-refractivity contribution in [3.63, 3.8) is 0 Å². The van der Waals surface area contributed by atoms with Crippen LogP contribution in [0.2, 0.25) is 0 Å². The number of aliphatic hydroxyl groups excluding tert-OH is 1. The molecule has 0 saturated heterocycles. The van der Waals surface area contributed by atoms with Gasteiger partial charge in [0, 0.05) is 17.8 Å². The molecule has 4 nitrogen and oxygen atoms in total. The minimum atomic E-state index is 0.0636. The molecule has 4 heteroatoms. The molecule has 5 N–H and O–H groups in total. The van der Waals surface area contributed by atoms with E-state index in [2.05, 4.69) is 5.32 Å². The van der Waals surface area contributed by atoms with Crippen LogP contribution in [0, 0.1) is 5.41 Å². The van der Waals surface area contributed by atoms with E-state index >= 15 is 0 Å². The number of hydrogen-bond acceptors (Lipinski definition) is 3. The molecule has 0 fully saturated rings. The second-order valence-corrected chi connectivity index (χ2v) is 2.64. The highest BCUT2D eigenvalue weighted by Crippen LogP contribution is 2.08. The molecule has 0 heterocycles. The van der Waals surface area contributed by atoms with Gasteiger partial charge >= 0.3 is 0 Å². The van der Waals surface area contributed by atoms with Crippen molar-refractivity contribution in [2.24, 2.45) is 5.73 Å². The predicted octanol–water partition coefficient (Wildman–Crippen LogP) is 0.375. The molecule has 13 heavy (non-hydrogen) atoms. The van der Waals surface area contributed by atoms with Gasteiger partial charge in [-0.1, -0.05) is 0 Å². The first kappa shape index (κ1) is 9.54. The summed E-state index contributed by atoms with van der Waals surface area (Å²) in [5.41, 5.74) is 6.91. The predicted molar refractivity (Wildman–Crippen MR) is 53.0 cm³/mol. The molecular formula is C9H13N3O. The van der Waals surface area contributed by atoms with Gasteiger partial charge in [-0.15, -0.1) is 0 Å². The molecule has 70 valence electrons. The summed E-state index contributed by atoms with van der Waals surface area (Å²) in [5, 5.41) is 18.7. The quantitative estimate of drug-likeness (QED) is 0.398. The van der Waals surface area contributed by atoms with Gasteiger partial charge in [0.15, 0.2) is 0 Å². The lowest BCUT2D eigenvalue weighted by Crippen LogP contribution is -2.11. The van der Waals surface area contributed by atoms with E-state index in [1.54, 1.807) is 12.1 Å². The Morgan fingerprint density at radius 2 is 2.00 bits per heavy atom. The highest BCUT2D eigenvalue weighted by molar-refractivity contribution is 5.95. The number of nitrogens with one attached hydrogen (secondary N) is 2. The first-order chi connectivity index (χ1) is 6.24. The summed E-state index contributed by atoms with van der Waals surface area (Å²) in [5.74, 6) is 0.0636. The third-order valence-corrected chi connectivity index (χ3v) is 1.64. The van der Waals surface area contributed by atoms with E-state index in [1.165, 1.54) is 0 Å². The Hall–Kier alpha value is -1.55. The van der Waals surface area contributed by atoms with E-state index in [0.29, 0.717) is 12.1 Å². The molecule has 0 radical (unpaired) electrons. The third kappa shape index (κ3) is 2.76. The first-order valence-corrected chi connectivity index (χ1v) is 4.03. The molecule has 1 rings (SSSR count). The maximum atomic E-state index is 8.55. The van der Waals surface area contributed by atoms with E-state index in [4.69, 9.17) is 16.2 Å². The summed E-state index contributed by atoms with van der Waals surface area (Å²) in [4.78, 5) is 0. The van der Waals surface area contributed by atoms with Crippen LogP contribution in [-0.2, 0) is 0 Å². The Morgan fingerprint density at radius 1 is 1.38 bits per heavy atom. The van der Waals surface area contributed by atoms with Gasteiger partial charge in [0.2, 0.25) is 0 Å². The summed E-state index contributed by atoms with van der Waals surface area (Å²) in [6.07, 6.45) is 0. The van der Waals surface area contributed by atoms with E-state index in [-0.39, 0.29) is 12.4 Å². The zero-order valence-electron chi connectivity index (χ0n) is 7.25. The average molecular weight is 179 g/mol. The second-order valence-electron chi connectivity index (χ2n) is 2.64. The smallest absolute Gasteiger partial charge is 0.122 e. The minimum Gasteiger partial charge on any atom is -0.395 e. The van der Waals surface area contributed by atoms with Gasteiger partial charge in [-0.05, 0) is 24.3 Å². The number of aliphatic hydroxyl groups is 1. The van der Waals surface area contributed by atoms with Crippen LogP contribution in [0.15, 0.2) is 24.3 Å². The molecule has 1 aromatic rings. The van der Waals surface area contributed by atoms with Gasteiger partial charge < -0.3 is 16.2 Å². The van der Waals surface area contributed by atoms with Crippen molar-refractivity contribution in [3.8, 4) is 0 Å². The van der Waals surface area contributed by atoms with E-state index in [1.807, 2.05) is 12.1 Å². The topological polar surface area (TPSA) is 82.1 Å². The Kier molecular flexibility index (Phi) is 3.28. The fraction of sp³-hybridized carbons (Fsp3) is 0.222. The molecule has 0 bridgehead atoms. The second kappa shape index (κ2) is 4.47. The van der Waals surface area contributed by atoms with Gasteiger partial charge in [0.1, 0.15) is 5.84 Å². The van der Waals surface area contributed by atoms with Crippen LogP contribution < -0.4 is 11.1 Å². The lowest BCUT2D eigenvalue weighted by atomic mass is 10.2. The van der Waals surface area contributed by atoms with Crippen molar-refractivity contribution in [1.82, 2.24) is 0 Å². The lowest BCUT2D eigenvalue weighted by Gasteiger charge is -2.04. The number of nitrogens with two attached hydrogens (primary N) is 1. The molecule has 0 spiro atoms. The van der Waals surface area contributed by atoms with Crippen LogP contribution in [0.5, 0.6) is 0 Å². The zero-order chi connectivity index (χ0) is 9.68. The summed E-state index contributed by atoms with van der Waals surface area (Å²) in [7, 11) is 0. The van der Waals surface area contributed by atoms with Crippen LogP contribution in [-0.4, -0.2) is 24.1 Å². The molecule has 0 aliphatic carbocycles. The number of benzene rings is 1. The first-order valence-electron chi connectivity index (χ1n) is 4.03. The van der Waals surface area contributed by atoms with E-state index in [0.717, 1.165) is 5.69 Å². The highest BCUT2D eigenvalue weighted by Gasteiger charge is 1.95. The molecule has 0 aliphatic rings. The van der Waals surface area contributed by atoms with Crippen LogP contribution in [0.25, 0.3) is 0 Å². The van der Waals surface area contributed by atoms with Gasteiger partial charge in [-0.25, -0.2) is 0 Å². The summed E-state index contributed by atoms with van der Waals surface area (Å²) >= 11 is 0. The van der Waals surface area contributed by atoms with Crippen molar-refractivity contribution in [1.29, 1.82) is 5.41 Å². The van der Waals surface area contributed by atoms with Crippen LogP contribution >= 0.6 is 0 Å². The molecule has 0 aromatic heterocycles. The largest absolute Gasteiger partial charge is 0.395 e. The van der Waals surface area contributed by atoms with Gasteiger partial charge in [0.05, 0.1) is 6.61 Å². The Labute approximate surface area is 76.9 Å². The summed E-state index contributed by atoms with van der Waals surface area (Å²) < 4.78 is 0. The number of hydrogen-bond donors (Lipinski definition) is 4. The number of nitrogen functional groups attached to an aromatic ring is 1. The zero-order valence-corrected chi connectivity index (χ0v) is 7.25. The molecule has 0 atom stereocenters. The molecule has 1 aromatic carbocycles. The third-order valence-electron chi connectivity index (χ3n) is 1.64. The monoisotopic (exact) mass is 179 g/mol. The molecule has 0 saturated carbocycles. The fourth-order valence-corrected chi connectivity index (χ4v) is 0.968. The van der Waals surface area contributed by atoms with Crippen molar-refractivity contribution < 1.29 is 5.11 Å². The highest BCUT2D eigenvalue weighted by atomic mass is 16.3. The van der Waals surface area contributed by atoms with Crippen molar-refractivity contribution in [2.45, 2.75) is 0 Å². The minimum absolute atomic E-state index is 0.0636. The van der Waals surface area contributed by atoms with Gasteiger partial charge in [-0.3, -0.25) is 5.41 Å².